The second-order valence-corrected chi connectivity index (χ2v) is 11.7. The first-order valence-electron chi connectivity index (χ1n) is 11.6. The van der Waals surface area contributed by atoms with Crippen molar-refractivity contribution in [1.82, 2.24) is 10.2 Å². The number of rotatable bonds is 9. The Hall–Kier alpha value is -2.25. The van der Waals surface area contributed by atoms with Crippen molar-refractivity contribution in [2.24, 2.45) is 0 Å². The molecule has 5 nitrogen and oxygen atoms in total. The first-order valence-corrected chi connectivity index (χ1v) is 13.5. The standard InChI is InChI=1S/C28H28BrCl3N2O3/c1-28(2,3)33-27(36)24(13-18-7-5-4-6-8-18)34(16-19-9-10-21(31)15-23(19)32)26(35)17-37-25-12-11-20(30)14-22(25)29/h4-12,14-15,24H,13,16-17H2,1-3H3,(H,33,36)/t24-/m1/s1. The minimum Gasteiger partial charge on any atom is -0.483 e. The molecule has 0 fully saturated rings. The Labute approximate surface area is 241 Å². The van der Waals surface area contributed by atoms with Gasteiger partial charge in [0, 0.05) is 33.6 Å². The van der Waals surface area contributed by atoms with Gasteiger partial charge in [-0.3, -0.25) is 9.59 Å². The van der Waals surface area contributed by atoms with Gasteiger partial charge < -0.3 is 15.0 Å². The van der Waals surface area contributed by atoms with Crippen LogP contribution >= 0.6 is 50.7 Å². The molecule has 0 bridgehead atoms. The van der Waals surface area contributed by atoms with E-state index in [1.807, 2.05) is 51.1 Å². The lowest BCUT2D eigenvalue weighted by Crippen LogP contribution is -2.55. The van der Waals surface area contributed by atoms with E-state index in [2.05, 4.69) is 21.2 Å². The topological polar surface area (TPSA) is 58.6 Å². The minimum atomic E-state index is -0.821. The van der Waals surface area contributed by atoms with Crippen molar-refractivity contribution >= 4 is 62.5 Å². The smallest absolute Gasteiger partial charge is 0.261 e. The van der Waals surface area contributed by atoms with Crippen molar-refractivity contribution in [1.29, 1.82) is 0 Å². The summed E-state index contributed by atoms with van der Waals surface area (Å²) in [5, 5.41) is 4.44. The average Bonchev–Trinajstić information content (AvgIpc) is 2.81. The van der Waals surface area contributed by atoms with Gasteiger partial charge >= 0.3 is 0 Å². The van der Waals surface area contributed by atoms with E-state index in [4.69, 9.17) is 39.5 Å². The molecule has 0 saturated heterocycles. The molecule has 3 aromatic carbocycles. The van der Waals surface area contributed by atoms with Crippen LogP contribution < -0.4 is 10.1 Å². The molecule has 196 valence electrons. The number of nitrogens with one attached hydrogen (secondary N) is 1. The summed E-state index contributed by atoms with van der Waals surface area (Å²) in [5.41, 5.74) is 1.08. The molecule has 0 heterocycles. The van der Waals surface area contributed by atoms with E-state index >= 15 is 0 Å². The molecule has 1 N–H and O–H groups in total. The van der Waals surface area contributed by atoms with Crippen molar-refractivity contribution in [3.05, 3.63) is 97.4 Å². The SMILES string of the molecule is CC(C)(C)NC(=O)[C@@H](Cc1ccccc1)N(Cc1ccc(Cl)cc1Cl)C(=O)COc1ccc(Cl)cc1Br. The fourth-order valence-corrected chi connectivity index (χ4v) is 4.92. The van der Waals surface area contributed by atoms with Crippen LogP contribution in [0.25, 0.3) is 0 Å². The van der Waals surface area contributed by atoms with Gasteiger partial charge in [0.15, 0.2) is 6.61 Å². The molecule has 3 rings (SSSR count). The average molecular weight is 627 g/mol. The molecule has 0 aliphatic rings. The number of amides is 2. The van der Waals surface area contributed by atoms with Crippen molar-refractivity contribution in [2.45, 2.75) is 45.3 Å². The number of carbonyl (C=O) groups is 2. The Morgan fingerprint density at radius 3 is 2.24 bits per heavy atom. The summed E-state index contributed by atoms with van der Waals surface area (Å²) in [7, 11) is 0. The molecule has 3 aromatic rings. The summed E-state index contributed by atoms with van der Waals surface area (Å²) in [6.45, 7) is 5.49. The third-order valence-corrected chi connectivity index (χ3v) is 6.81. The predicted octanol–water partition coefficient (Wildman–Crippen LogP) is 7.34. The lowest BCUT2D eigenvalue weighted by Gasteiger charge is -2.34. The number of hydrogen-bond acceptors (Lipinski definition) is 3. The van der Waals surface area contributed by atoms with Gasteiger partial charge in [-0.25, -0.2) is 0 Å². The van der Waals surface area contributed by atoms with E-state index in [1.54, 1.807) is 36.4 Å². The second kappa shape index (κ2) is 13.0. The first-order chi connectivity index (χ1) is 17.4. The highest BCUT2D eigenvalue weighted by atomic mass is 79.9. The summed E-state index contributed by atoms with van der Waals surface area (Å²) in [4.78, 5) is 28.8. The van der Waals surface area contributed by atoms with Crippen LogP contribution in [0.1, 0.15) is 31.9 Å². The zero-order valence-corrected chi connectivity index (χ0v) is 24.6. The molecule has 1 atom stereocenters. The molecule has 0 saturated carbocycles. The second-order valence-electron chi connectivity index (χ2n) is 9.57. The van der Waals surface area contributed by atoms with Crippen LogP contribution in [0, 0.1) is 0 Å². The van der Waals surface area contributed by atoms with Crippen LogP contribution in [-0.4, -0.2) is 34.9 Å². The van der Waals surface area contributed by atoms with Crippen LogP contribution in [0.15, 0.2) is 71.2 Å². The molecular formula is C28H28BrCl3N2O3. The van der Waals surface area contributed by atoms with E-state index in [-0.39, 0.29) is 25.0 Å². The zero-order chi connectivity index (χ0) is 27.2. The maximum atomic E-state index is 13.7. The van der Waals surface area contributed by atoms with Crippen LogP contribution in [-0.2, 0) is 22.6 Å². The van der Waals surface area contributed by atoms with E-state index in [0.29, 0.717) is 37.3 Å². The molecule has 2 amide bonds. The van der Waals surface area contributed by atoms with Crippen molar-refractivity contribution in [3.8, 4) is 5.75 Å². The van der Waals surface area contributed by atoms with Gasteiger partial charge in [-0.15, -0.1) is 0 Å². The van der Waals surface area contributed by atoms with Gasteiger partial charge in [0.2, 0.25) is 5.91 Å². The van der Waals surface area contributed by atoms with Gasteiger partial charge in [0.1, 0.15) is 11.8 Å². The first kappa shape index (κ1) is 29.3. The van der Waals surface area contributed by atoms with Crippen molar-refractivity contribution in [3.63, 3.8) is 0 Å². The largest absolute Gasteiger partial charge is 0.483 e. The van der Waals surface area contributed by atoms with Gasteiger partial charge in [0.25, 0.3) is 5.91 Å². The maximum Gasteiger partial charge on any atom is 0.261 e. The third-order valence-electron chi connectivity index (χ3n) is 5.37. The number of hydrogen-bond donors (Lipinski definition) is 1. The summed E-state index contributed by atoms with van der Waals surface area (Å²) < 4.78 is 6.44. The summed E-state index contributed by atoms with van der Waals surface area (Å²) >= 11 is 22.0. The lowest BCUT2D eigenvalue weighted by molar-refractivity contribution is -0.143. The number of benzene rings is 3. The zero-order valence-electron chi connectivity index (χ0n) is 20.7. The molecule has 0 aromatic heterocycles. The van der Waals surface area contributed by atoms with Crippen LogP contribution in [0.3, 0.4) is 0 Å². The summed E-state index contributed by atoms with van der Waals surface area (Å²) in [5.74, 6) is -0.193. The fourth-order valence-electron chi connectivity index (χ4n) is 3.65. The van der Waals surface area contributed by atoms with Crippen LogP contribution in [0.2, 0.25) is 15.1 Å². The Balaban J connectivity index is 1.97. The highest BCUT2D eigenvalue weighted by molar-refractivity contribution is 9.10. The van der Waals surface area contributed by atoms with Crippen LogP contribution in [0.5, 0.6) is 5.75 Å². The van der Waals surface area contributed by atoms with Crippen molar-refractivity contribution < 1.29 is 14.3 Å². The van der Waals surface area contributed by atoms with Gasteiger partial charge in [-0.1, -0.05) is 71.2 Å². The number of ether oxygens (including phenoxy) is 1. The molecule has 0 aliphatic carbocycles. The molecular weight excluding hydrogens is 599 g/mol. The summed E-state index contributed by atoms with van der Waals surface area (Å²) in [6.07, 6.45) is 0.310. The van der Waals surface area contributed by atoms with E-state index in [0.717, 1.165) is 5.56 Å². The maximum absolute atomic E-state index is 13.7. The lowest BCUT2D eigenvalue weighted by atomic mass is 10.0. The van der Waals surface area contributed by atoms with E-state index in [9.17, 15) is 9.59 Å². The molecule has 0 spiro atoms. The minimum absolute atomic E-state index is 0.0923. The van der Waals surface area contributed by atoms with Gasteiger partial charge in [-0.2, -0.15) is 0 Å². The Morgan fingerprint density at radius 2 is 1.62 bits per heavy atom. The monoisotopic (exact) mass is 624 g/mol. The fraction of sp³-hybridized carbons (Fsp3) is 0.286. The predicted molar refractivity (Wildman–Crippen MR) is 153 cm³/mol. The molecule has 0 unspecified atom stereocenters. The Bertz CT molecular complexity index is 1250. The van der Waals surface area contributed by atoms with Gasteiger partial charge in [-0.05, 0) is 78.2 Å². The van der Waals surface area contributed by atoms with E-state index in [1.165, 1.54) is 4.90 Å². The number of nitrogens with zero attached hydrogens (tertiary/aromatic N) is 1. The highest BCUT2D eigenvalue weighted by Crippen LogP contribution is 2.29. The number of carbonyl (C=O) groups excluding carboxylic acids is 2. The molecule has 0 aliphatic heterocycles. The Morgan fingerprint density at radius 1 is 0.973 bits per heavy atom. The van der Waals surface area contributed by atoms with E-state index < -0.39 is 11.6 Å². The highest BCUT2D eigenvalue weighted by Gasteiger charge is 2.33. The summed E-state index contributed by atoms with van der Waals surface area (Å²) in [6, 6.07) is 18.8. The Kier molecular flexibility index (Phi) is 10.3. The third kappa shape index (κ3) is 8.92. The van der Waals surface area contributed by atoms with Crippen molar-refractivity contribution in [2.75, 3.05) is 6.61 Å². The molecule has 0 radical (unpaired) electrons. The number of halogens is 4. The van der Waals surface area contributed by atoms with Gasteiger partial charge in [0.05, 0.1) is 4.47 Å². The molecule has 37 heavy (non-hydrogen) atoms. The molecule has 9 heteroatoms. The normalized spacial score (nSPS) is 12.1. The quantitative estimate of drug-likeness (QED) is 0.270. The van der Waals surface area contributed by atoms with Crippen LogP contribution in [0.4, 0.5) is 0 Å².